The number of hydrogen-bond donors (Lipinski definition) is 1. The van der Waals surface area contributed by atoms with Crippen molar-refractivity contribution in [3.63, 3.8) is 0 Å². The number of guanidine groups is 1. The van der Waals surface area contributed by atoms with Crippen LogP contribution < -0.4 is 5.32 Å². The van der Waals surface area contributed by atoms with Crippen LogP contribution in [0.15, 0.2) is 35.3 Å². The zero-order valence-corrected chi connectivity index (χ0v) is 8.89. The molecule has 2 aliphatic rings. The second-order valence-electron chi connectivity index (χ2n) is 4.08. The molecule has 0 bridgehead atoms. The maximum atomic E-state index is 11.6. The SMILES string of the molecule is O=C1CC(c2ccccc2)N2CCN=C2N1. The molecule has 1 saturated heterocycles. The first-order valence-corrected chi connectivity index (χ1v) is 5.50. The number of carbonyl (C=O) groups excluding carboxylic acids is 1. The van der Waals surface area contributed by atoms with Gasteiger partial charge >= 0.3 is 0 Å². The lowest BCUT2D eigenvalue weighted by molar-refractivity contribution is -0.122. The molecule has 1 N–H and O–H groups in total. The van der Waals surface area contributed by atoms with Crippen molar-refractivity contribution in [1.82, 2.24) is 10.2 Å². The molecule has 1 atom stereocenters. The Morgan fingerprint density at radius 3 is 2.94 bits per heavy atom. The number of benzene rings is 1. The summed E-state index contributed by atoms with van der Waals surface area (Å²) in [7, 11) is 0. The van der Waals surface area contributed by atoms with Crippen LogP contribution in [0.4, 0.5) is 0 Å². The maximum absolute atomic E-state index is 11.6. The number of fused-ring (bicyclic) bond motifs is 1. The quantitative estimate of drug-likeness (QED) is 0.757. The van der Waals surface area contributed by atoms with Crippen molar-refractivity contribution in [3.8, 4) is 0 Å². The van der Waals surface area contributed by atoms with Crippen LogP contribution in [0.1, 0.15) is 18.0 Å². The molecule has 1 aromatic rings. The van der Waals surface area contributed by atoms with Crippen molar-refractivity contribution < 1.29 is 4.79 Å². The van der Waals surface area contributed by atoms with E-state index in [1.807, 2.05) is 18.2 Å². The van der Waals surface area contributed by atoms with Gasteiger partial charge in [0.25, 0.3) is 0 Å². The van der Waals surface area contributed by atoms with Gasteiger partial charge in [-0.3, -0.25) is 15.1 Å². The largest absolute Gasteiger partial charge is 0.333 e. The van der Waals surface area contributed by atoms with E-state index in [2.05, 4.69) is 27.3 Å². The Kier molecular flexibility index (Phi) is 2.13. The molecule has 2 heterocycles. The number of nitrogens with one attached hydrogen (secondary N) is 1. The molecule has 1 unspecified atom stereocenters. The predicted molar refractivity (Wildman–Crippen MR) is 61.0 cm³/mol. The third-order valence-electron chi connectivity index (χ3n) is 3.07. The molecule has 0 saturated carbocycles. The summed E-state index contributed by atoms with van der Waals surface area (Å²) in [6, 6.07) is 10.3. The molecular weight excluding hydrogens is 202 g/mol. The monoisotopic (exact) mass is 215 g/mol. The van der Waals surface area contributed by atoms with E-state index in [0.717, 1.165) is 19.0 Å². The zero-order valence-electron chi connectivity index (χ0n) is 8.89. The van der Waals surface area contributed by atoms with E-state index >= 15 is 0 Å². The highest BCUT2D eigenvalue weighted by Gasteiger charge is 2.33. The predicted octanol–water partition coefficient (Wildman–Crippen LogP) is 0.919. The van der Waals surface area contributed by atoms with Crippen LogP contribution in [0.2, 0.25) is 0 Å². The van der Waals surface area contributed by atoms with Gasteiger partial charge in [-0.1, -0.05) is 30.3 Å². The number of aliphatic imine (C=N–C) groups is 1. The van der Waals surface area contributed by atoms with Crippen LogP contribution >= 0.6 is 0 Å². The molecule has 3 rings (SSSR count). The van der Waals surface area contributed by atoms with Crippen molar-refractivity contribution >= 4 is 11.9 Å². The third kappa shape index (κ3) is 1.46. The Bertz CT molecular complexity index is 441. The molecule has 0 aromatic heterocycles. The molecule has 1 amide bonds. The van der Waals surface area contributed by atoms with Crippen LogP contribution in [-0.2, 0) is 4.79 Å². The average molecular weight is 215 g/mol. The van der Waals surface area contributed by atoms with Gasteiger partial charge in [-0.05, 0) is 5.56 Å². The molecular formula is C12H13N3O. The molecule has 82 valence electrons. The minimum Gasteiger partial charge on any atom is -0.333 e. The topological polar surface area (TPSA) is 44.7 Å². The first kappa shape index (κ1) is 9.39. The maximum Gasteiger partial charge on any atom is 0.229 e. The molecule has 1 fully saturated rings. The summed E-state index contributed by atoms with van der Waals surface area (Å²) in [5.74, 6) is 0.802. The normalized spacial score (nSPS) is 23.8. The Hall–Kier alpha value is -1.84. The second kappa shape index (κ2) is 3.63. The van der Waals surface area contributed by atoms with Crippen LogP contribution in [0.25, 0.3) is 0 Å². The fraction of sp³-hybridized carbons (Fsp3) is 0.333. The Balaban J connectivity index is 1.94. The highest BCUT2D eigenvalue weighted by molar-refractivity contribution is 6.00. The summed E-state index contributed by atoms with van der Waals surface area (Å²) in [6.45, 7) is 1.67. The smallest absolute Gasteiger partial charge is 0.229 e. The minimum absolute atomic E-state index is 0.0609. The van der Waals surface area contributed by atoms with Crippen molar-refractivity contribution in [2.24, 2.45) is 4.99 Å². The van der Waals surface area contributed by atoms with Gasteiger partial charge in [0.2, 0.25) is 11.9 Å². The lowest BCUT2D eigenvalue weighted by atomic mass is 10.0. The number of hydrogen-bond acceptors (Lipinski definition) is 3. The number of nitrogens with zero attached hydrogens (tertiary/aromatic N) is 2. The highest BCUT2D eigenvalue weighted by Crippen LogP contribution is 2.28. The fourth-order valence-electron chi connectivity index (χ4n) is 2.31. The van der Waals surface area contributed by atoms with E-state index in [1.165, 1.54) is 5.56 Å². The van der Waals surface area contributed by atoms with Crippen LogP contribution in [0.5, 0.6) is 0 Å². The van der Waals surface area contributed by atoms with Crippen LogP contribution in [0.3, 0.4) is 0 Å². The standard InChI is InChI=1S/C12H13N3O/c16-11-8-10(9-4-2-1-3-5-9)15-7-6-13-12(15)14-11/h1-5,10H,6-8H2,(H,13,14,16). The number of carbonyl (C=O) groups is 1. The average Bonchev–Trinajstić information content (AvgIpc) is 2.77. The van der Waals surface area contributed by atoms with Gasteiger partial charge in [-0.15, -0.1) is 0 Å². The van der Waals surface area contributed by atoms with Crippen LogP contribution in [-0.4, -0.2) is 29.9 Å². The van der Waals surface area contributed by atoms with E-state index in [4.69, 9.17) is 0 Å². The molecule has 0 aliphatic carbocycles. The molecule has 4 heteroatoms. The third-order valence-corrected chi connectivity index (χ3v) is 3.07. The van der Waals surface area contributed by atoms with Crippen molar-refractivity contribution in [1.29, 1.82) is 0 Å². The molecule has 1 aromatic carbocycles. The Morgan fingerprint density at radius 2 is 2.12 bits per heavy atom. The first-order valence-electron chi connectivity index (χ1n) is 5.50. The summed E-state index contributed by atoms with van der Waals surface area (Å²) < 4.78 is 0. The fourth-order valence-corrected chi connectivity index (χ4v) is 2.31. The molecule has 16 heavy (non-hydrogen) atoms. The van der Waals surface area contributed by atoms with Gasteiger partial charge in [0, 0.05) is 6.54 Å². The first-order chi connectivity index (χ1) is 7.84. The second-order valence-corrected chi connectivity index (χ2v) is 4.08. The number of amides is 1. The summed E-state index contributed by atoms with van der Waals surface area (Å²) in [6.07, 6.45) is 0.517. The van der Waals surface area contributed by atoms with Gasteiger partial charge in [-0.2, -0.15) is 0 Å². The Morgan fingerprint density at radius 1 is 1.31 bits per heavy atom. The van der Waals surface area contributed by atoms with Gasteiger partial charge in [0.05, 0.1) is 19.0 Å². The summed E-state index contributed by atoms with van der Waals surface area (Å²) in [5, 5.41) is 2.82. The molecule has 2 aliphatic heterocycles. The minimum atomic E-state index is 0.0609. The van der Waals surface area contributed by atoms with Crippen LogP contribution in [0, 0.1) is 0 Å². The van der Waals surface area contributed by atoms with Crippen molar-refractivity contribution in [2.75, 3.05) is 13.1 Å². The summed E-state index contributed by atoms with van der Waals surface area (Å²) in [4.78, 5) is 18.0. The van der Waals surface area contributed by atoms with Gasteiger partial charge in [-0.25, -0.2) is 0 Å². The van der Waals surface area contributed by atoms with E-state index in [-0.39, 0.29) is 11.9 Å². The molecule has 0 radical (unpaired) electrons. The van der Waals surface area contributed by atoms with Crippen molar-refractivity contribution in [3.05, 3.63) is 35.9 Å². The van der Waals surface area contributed by atoms with E-state index in [0.29, 0.717) is 6.42 Å². The Labute approximate surface area is 94.0 Å². The summed E-state index contributed by atoms with van der Waals surface area (Å²) >= 11 is 0. The lowest BCUT2D eigenvalue weighted by Crippen LogP contribution is -2.49. The molecule has 4 nitrogen and oxygen atoms in total. The van der Waals surface area contributed by atoms with E-state index in [1.54, 1.807) is 0 Å². The zero-order chi connectivity index (χ0) is 11.0. The van der Waals surface area contributed by atoms with Gasteiger partial charge < -0.3 is 4.90 Å². The molecule has 0 spiro atoms. The highest BCUT2D eigenvalue weighted by atomic mass is 16.2. The number of rotatable bonds is 1. The van der Waals surface area contributed by atoms with E-state index < -0.39 is 0 Å². The van der Waals surface area contributed by atoms with E-state index in [9.17, 15) is 4.79 Å². The summed E-state index contributed by atoms with van der Waals surface area (Å²) in [5.41, 5.74) is 1.19. The van der Waals surface area contributed by atoms with Crippen molar-refractivity contribution in [2.45, 2.75) is 12.5 Å². The lowest BCUT2D eigenvalue weighted by Gasteiger charge is -2.34. The van der Waals surface area contributed by atoms with Gasteiger partial charge in [0.15, 0.2) is 0 Å². The van der Waals surface area contributed by atoms with Gasteiger partial charge in [0.1, 0.15) is 0 Å².